The van der Waals surface area contributed by atoms with Gasteiger partial charge in [0.1, 0.15) is 12.3 Å². The zero-order valence-electron chi connectivity index (χ0n) is 34.3. The zero-order valence-corrected chi connectivity index (χ0v) is 36.0. The van der Waals surface area contributed by atoms with Crippen LogP contribution >= 0.6 is 24.0 Å². The maximum absolute atomic E-state index is 13.1. The number of aliphatic hydroxyl groups excluding tert-OH is 1. The second kappa shape index (κ2) is 20.9. The summed E-state index contributed by atoms with van der Waals surface area (Å²) in [6.45, 7) is 17.9. The SMILES string of the molecule is CC1CCCN1C.CN(CC1CC1(F)F)CC1(C)CC(C)(c2cn(C(C=O)C(C)(C)C)nn2)C1.CO.CS.Cc1ncsc1-c1ccc(CNC=O)cc1. The maximum atomic E-state index is 13.1. The van der Waals surface area contributed by atoms with Crippen molar-refractivity contribution < 1.29 is 23.5 Å². The average molecular weight is 794 g/mol. The molecule has 2 aromatic heterocycles. The Labute approximate surface area is 331 Å². The monoisotopic (exact) mass is 793 g/mol. The molecule has 54 heavy (non-hydrogen) atoms. The minimum atomic E-state index is -2.45. The fraction of sp³-hybridized carbons (Fsp3) is 0.675. The van der Waals surface area contributed by atoms with Crippen molar-refractivity contribution in [2.45, 2.75) is 111 Å². The first kappa shape index (κ1) is 47.4. The number of hydrogen-bond donors (Lipinski definition) is 3. The molecule has 2 saturated carbocycles. The third kappa shape index (κ3) is 13.5. The Hall–Kier alpha value is -2.78. The van der Waals surface area contributed by atoms with Crippen LogP contribution in [0.1, 0.15) is 96.6 Å². The summed E-state index contributed by atoms with van der Waals surface area (Å²) in [5, 5.41) is 18.2. The number of amides is 1. The van der Waals surface area contributed by atoms with Gasteiger partial charge in [0.25, 0.3) is 5.92 Å². The van der Waals surface area contributed by atoms with Crippen LogP contribution in [0.5, 0.6) is 0 Å². The molecule has 3 fully saturated rings. The van der Waals surface area contributed by atoms with Crippen molar-refractivity contribution in [1.29, 1.82) is 0 Å². The molecule has 3 atom stereocenters. The third-order valence-corrected chi connectivity index (χ3v) is 11.4. The largest absolute Gasteiger partial charge is 0.400 e. The molecule has 3 aromatic rings. The number of thiol groups is 1. The standard InChI is InChI=1S/C20H32F2N4O.C12H12N2OS.C6H13N.CH4O.CH4S/c1-17(2,3)16(10-27)26-9-15(23-24-26)19(5)11-18(4,12-19)13-25(6)8-14-7-20(14,21)22;1-9-12(16-8-14-9)11-4-2-10(3-5-11)6-13-7-15;1-6-4-3-5-7(6)2;2*1-2/h9-10,14,16H,7-8,11-13H2,1-6H3;2-5,7-8H,6H2,1H3,(H,13,15);6H,3-5H2,1-2H3;2*2H,1H3. The highest BCUT2D eigenvalue weighted by Crippen LogP contribution is 2.56. The van der Waals surface area contributed by atoms with Gasteiger partial charge in [-0.25, -0.2) is 18.4 Å². The Kier molecular flexibility index (Phi) is 18.4. The number of carbonyl (C=O) groups excluding carboxylic acids is 2. The highest BCUT2D eigenvalue weighted by Gasteiger charge is 2.57. The summed E-state index contributed by atoms with van der Waals surface area (Å²) in [6, 6.07) is 8.65. The summed E-state index contributed by atoms with van der Waals surface area (Å²) in [5.41, 5.74) is 5.87. The molecule has 3 heterocycles. The van der Waals surface area contributed by atoms with Crippen LogP contribution in [-0.2, 0) is 21.5 Å². The van der Waals surface area contributed by atoms with Crippen LogP contribution < -0.4 is 5.32 Å². The Morgan fingerprint density at radius 3 is 2.19 bits per heavy atom. The molecule has 304 valence electrons. The molecule has 0 bridgehead atoms. The Bertz CT molecular complexity index is 1550. The smallest absolute Gasteiger partial charge is 0.252 e. The van der Waals surface area contributed by atoms with Crippen molar-refractivity contribution in [3.8, 4) is 10.4 Å². The van der Waals surface area contributed by atoms with E-state index in [-0.39, 0.29) is 28.7 Å². The summed E-state index contributed by atoms with van der Waals surface area (Å²) in [4.78, 5) is 31.5. The lowest BCUT2D eigenvalue weighted by atomic mass is 9.53. The van der Waals surface area contributed by atoms with Crippen molar-refractivity contribution in [3.63, 3.8) is 0 Å². The molecule has 2 N–H and O–H groups in total. The highest BCUT2D eigenvalue weighted by molar-refractivity contribution is 7.79. The number of nitrogens with one attached hydrogen (secondary N) is 1. The van der Waals surface area contributed by atoms with Crippen LogP contribution in [0.2, 0.25) is 0 Å². The van der Waals surface area contributed by atoms with Crippen LogP contribution in [0.25, 0.3) is 10.4 Å². The molecule has 6 rings (SSSR count). The zero-order chi connectivity index (χ0) is 40.9. The maximum Gasteiger partial charge on any atom is 0.252 e. The van der Waals surface area contributed by atoms with Crippen LogP contribution in [0.15, 0.2) is 36.0 Å². The van der Waals surface area contributed by atoms with Gasteiger partial charge in [0.2, 0.25) is 6.41 Å². The molecule has 14 heteroatoms. The lowest BCUT2D eigenvalue weighted by Crippen LogP contribution is -2.51. The van der Waals surface area contributed by atoms with Crippen LogP contribution in [0, 0.1) is 23.7 Å². The number of halogens is 2. The van der Waals surface area contributed by atoms with Crippen LogP contribution in [0.4, 0.5) is 8.78 Å². The van der Waals surface area contributed by atoms with Crippen molar-refractivity contribution in [3.05, 3.63) is 52.9 Å². The summed E-state index contributed by atoms with van der Waals surface area (Å²) < 4.78 is 28.0. The number of aromatic nitrogens is 4. The van der Waals surface area contributed by atoms with Crippen LogP contribution in [0.3, 0.4) is 0 Å². The van der Waals surface area contributed by atoms with Gasteiger partial charge >= 0.3 is 0 Å². The number of benzene rings is 1. The number of rotatable bonds is 11. The van der Waals surface area contributed by atoms with Crippen LogP contribution in [-0.4, -0.2) is 107 Å². The number of hydrogen-bond acceptors (Lipinski definition) is 10. The quantitative estimate of drug-likeness (QED) is 0.137. The minimum absolute atomic E-state index is 0.0283. The molecule has 0 radical (unpaired) electrons. The van der Waals surface area contributed by atoms with Gasteiger partial charge in [0, 0.05) is 56.7 Å². The van der Waals surface area contributed by atoms with E-state index in [1.54, 1.807) is 22.3 Å². The van der Waals surface area contributed by atoms with E-state index in [2.05, 4.69) is 78.1 Å². The molecule has 1 amide bonds. The third-order valence-electron chi connectivity index (χ3n) is 10.4. The van der Waals surface area contributed by atoms with Gasteiger partial charge in [0.15, 0.2) is 0 Å². The summed E-state index contributed by atoms with van der Waals surface area (Å²) >= 11 is 5.17. The number of aldehydes is 1. The first-order chi connectivity index (χ1) is 25.4. The fourth-order valence-electron chi connectivity index (χ4n) is 7.63. The summed E-state index contributed by atoms with van der Waals surface area (Å²) in [6.07, 6.45) is 9.93. The fourth-order valence-corrected chi connectivity index (χ4v) is 8.44. The number of thiazole rings is 1. The first-order valence-electron chi connectivity index (χ1n) is 18.6. The highest BCUT2D eigenvalue weighted by atomic mass is 32.1. The summed E-state index contributed by atoms with van der Waals surface area (Å²) in [5.74, 6) is -2.93. The topological polar surface area (TPSA) is 116 Å². The lowest BCUT2D eigenvalue weighted by Gasteiger charge is -2.53. The molecular formula is C40H65F2N7O3S2. The Morgan fingerprint density at radius 2 is 1.76 bits per heavy atom. The second-order valence-electron chi connectivity index (χ2n) is 16.5. The molecule has 1 aromatic carbocycles. The van der Waals surface area contributed by atoms with E-state index in [0.717, 1.165) is 55.8 Å². The number of carbonyl (C=O) groups is 2. The average Bonchev–Trinajstić information content (AvgIpc) is 3.59. The van der Waals surface area contributed by atoms with E-state index in [1.165, 1.54) is 29.8 Å². The second-order valence-corrected chi connectivity index (χ2v) is 17.4. The van der Waals surface area contributed by atoms with Crippen molar-refractivity contribution >= 4 is 36.7 Å². The molecule has 0 spiro atoms. The van der Waals surface area contributed by atoms with E-state index < -0.39 is 11.8 Å². The van der Waals surface area contributed by atoms with Gasteiger partial charge in [-0.15, -0.1) is 16.4 Å². The van der Waals surface area contributed by atoms with E-state index >= 15 is 0 Å². The summed E-state index contributed by atoms with van der Waals surface area (Å²) in [7, 11) is 5.13. The van der Waals surface area contributed by atoms with Gasteiger partial charge in [-0.2, -0.15) is 12.6 Å². The van der Waals surface area contributed by atoms with E-state index in [4.69, 9.17) is 5.11 Å². The number of alkyl halides is 2. The van der Waals surface area contributed by atoms with Gasteiger partial charge < -0.3 is 25.0 Å². The predicted molar refractivity (Wildman–Crippen MR) is 219 cm³/mol. The number of likely N-dealkylation sites (tertiary alicyclic amines) is 1. The van der Waals surface area contributed by atoms with Crippen molar-refractivity contribution in [2.75, 3.05) is 47.1 Å². The molecule has 1 saturated heterocycles. The van der Waals surface area contributed by atoms with Crippen molar-refractivity contribution in [2.24, 2.45) is 16.7 Å². The lowest BCUT2D eigenvalue weighted by molar-refractivity contribution is -0.113. The van der Waals surface area contributed by atoms with Gasteiger partial charge in [-0.05, 0) is 88.4 Å². The predicted octanol–water partition coefficient (Wildman–Crippen LogP) is 7.33. The van der Waals surface area contributed by atoms with E-state index in [1.807, 2.05) is 63.5 Å². The number of aliphatic hydroxyl groups is 1. The molecular weight excluding hydrogens is 729 g/mol. The normalized spacial score (nSPS) is 24.4. The van der Waals surface area contributed by atoms with Gasteiger partial charge in [-0.3, -0.25) is 4.79 Å². The minimum Gasteiger partial charge on any atom is -0.400 e. The van der Waals surface area contributed by atoms with E-state index in [9.17, 15) is 18.4 Å². The Morgan fingerprint density at radius 1 is 1.15 bits per heavy atom. The van der Waals surface area contributed by atoms with Gasteiger partial charge in [0.05, 0.1) is 21.8 Å². The molecule has 3 aliphatic rings. The molecule has 1 aliphatic heterocycles. The van der Waals surface area contributed by atoms with Gasteiger partial charge in [-0.1, -0.05) is 64.1 Å². The molecule has 3 unspecified atom stereocenters. The van der Waals surface area contributed by atoms with Crippen molar-refractivity contribution in [1.82, 2.24) is 35.1 Å². The molecule has 2 aliphatic carbocycles. The Balaban J connectivity index is 0.000000313. The molecule has 10 nitrogen and oxygen atoms in total. The number of nitrogens with zero attached hydrogens (tertiary/aromatic N) is 6. The number of aryl methyl sites for hydroxylation is 1. The van der Waals surface area contributed by atoms with E-state index in [0.29, 0.717) is 19.5 Å². The first-order valence-corrected chi connectivity index (χ1v) is 20.4.